The number of para-hydroxylation sites is 1. The Morgan fingerprint density at radius 2 is 1.96 bits per heavy atom. The van der Waals surface area contributed by atoms with Gasteiger partial charge < -0.3 is 9.47 Å². The van der Waals surface area contributed by atoms with E-state index in [9.17, 15) is 8.42 Å². The largest absolute Gasteiger partial charge is 0.497 e. The van der Waals surface area contributed by atoms with Crippen molar-refractivity contribution in [1.82, 2.24) is 4.31 Å². The van der Waals surface area contributed by atoms with Crippen LogP contribution < -0.4 is 9.47 Å². The molecule has 0 aliphatic carbocycles. The lowest BCUT2D eigenvalue weighted by Gasteiger charge is -2.21. The van der Waals surface area contributed by atoms with Gasteiger partial charge >= 0.3 is 0 Å². The van der Waals surface area contributed by atoms with Gasteiger partial charge in [0.15, 0.2) is 0 Å². The highest BCUT2D eigenvalue weighted by Crippen LogP contribution is 2.28. The normalized spacial score (nSPS) is 15.4. The lowest BCUT2D eigenvalue weighted by atomic mass is 10.2. The number of benzene rings is 2. The average Bonchev–Trinajstić information content (AvgIpc) is 2.77. The highest BCUT2D eigenvalue weighted by molar-refractivity contribution is 7.89. The standard InChI is InChI=1S/C17H19NO4S/c1-13-11-15(21-2)7-8-17(13)23(19,20)18-9-10-22-16-6-4-3-5-14(16)12-18/h3-8,11H,9-10,12H2,1-2H3. The Balaban J connectivity index is 1.97. The minimum atomic E-state index is -3.59. The monoisotopic (exact) mass is 333 g/mol. The van der Waals surface area contributed by atoms with Crippen LogP contribution in [-0.4, -0.2) is 33.0 Å². The fraction of sp³-hybridized carbons (Fsp3) is 0.294. The summed E-state index contributed by atoms with van der Waals surface area (Å²) in [6.45, 7) is 2.75. The first-order chi connectivity index (χ1) is 11.0. The van der Waals surface area contributed by atoms with E-state index in [-0.39, 0.29) is 0 Å². The van der Waals surface area contributed by atoms with E-state index in [0.29, 0.717) is 35.9 Å². The molecule has 23 heavy (non-hydrogen) atoms. The van der Waals surface area contributed by atoms with E-state index in [4.69, 9.17) is 9.47 Å². The Hall–Kier alpha value is -2.05. The van der Waals surface area contributed by atoms with E-state index >= 15 is 0 Å². The molecule has 5 nitrogen and oxygen atoms in total. The fourth-order valence-corrected chi connectivity index (χ4v) is 4.29. The van der Waals surface area contributed by atoms with Gasteiger partial charge in [-0.05, 0) is 36.8 Å². The molecule has 1 aliphatic rings. The van der Waals surface area contributed by atoms with Gasteiger partial charge in [-0.2, -0.15) is 4.31 Å². The summed E-state index contributed by atoms with van der Waals surface area (Å²) in [5.41, 5.74) is 1.54. The van der Waals surface area contributed by atoms with Crippen LogP contribution in [0.2, 0.25) is 0 Å². The first kappa shape index (κ1) is 15.8. The molecule has 0 amide bonds. The molecule has 0 radical (unpaired) electrons. The molecule has 122 valence electrons. The van der Waals surface area contributed by atoms with Gasteiger partial charge in [0.2, 0.25) is 10.0 Å². The van der Waals surface area contributed by atoms with Crippen LogP contribution in [0.1, 0.15) is 11.1 Å². The fourth-order valence-electron chi connectivity index (χ4n) is 2.68. The van der Waals surface area contributed by atoms with Crippen LogP contribution in [0.15, 0.2) is 47.4 Å². The van der Waals surface area contributed by atoms with Gasteiger partial charge in [0.05, 0.1) is 12.0 Å². The third-order valence-electron chi connectivity index (χ3n) is 3.92. The number of sulfonamides is 1. The van der Waals surface area contributed by atoms with E-state index in [0.717, 1.165) is 11.3 Å². The van der Waals surface area contributed by atoms with E-state index in [1.54, 1.807) is 32.2 Å². The van der Waals surface area contributed by atoms with E-state index in [1.165, 1.54) is 4.31 Å². The number of hydrogen-bond acceptors (Lipinski definition) is 4. The molecule has 6 heteroatoms. The summed E-state index contributed by atoms with van der Waals surface area (Å²) in [5.74, 6) is 1.39. The number of fused-ring (bicyclic) bond motifs is 1. The molecule has 3 rings (SSSR count). The first-order valence-electron chi connectivity index (χ1n) is 7.38. The minimum Gasteiger partial charge on any atom is -0.497 e. The second-order valence-corrected chi connectivity index (χ2v) is 7.33. The molecule has 0 unspecified atom stereocenters. The third kappa shape index (κ3) is 3.04. The first-order valence-corrected chi connectivity index (χ1v) is 8.82. The molecule has 0 atom stereocenters. The zero-order valence-corrected chi connectivity index (χ0v) is 14.0. The second kappa shape index (κ2) is 6.22. The van der Waals surface area contributed by atoms with Crippen molar-refractivity contribution in [2.45, 2.75) is 18.4 Å². The van der Waals surface area contributed by atoms with Crippen molar-refractivity contribution >= 4 is 10.0 Å². The average molecular weight is 333 g/mol. The molecular formula is C17H19NO4S. The molecule has 1 aliphatic heterocycles. The topological polar surface area (TPSA) is 55.8 Å². The summed E-state index contributed by atoms with van der Waals surface area (Å²) < 4.78 is 38.3. The molecule has 0 N–H and O–H groups in total. The number of hydrogen-bond donors (Lipinski definition) is 0. The van der Waals surface area contributed by atoms with Gasteiger partial charge in [0.1, 0.15) is 18.1 Å². The third-order valence-corrected chi connectivity index (χ3v) is 5.92. The van der Waals surface area contributed by atoms with E-state index in [1.807, 2.05) is 24.3 Å². The molecule has 1 heterocycles. The SMILES string of the molecule is COc1ccc(S(=O)(=O)N2CCOc3ccccc3C2)c(C)c1. The van der Waals surface area contributed by atoms with Gasteiger partial charge in [-0.3, -0.25) is 0 Å². The number of aryl methyl sites for hydroxylation is 1. The second-order valence-electron chi connectivity index (χ2n) is 5.43. The number of methoxy groups -OCH3 is 1. The molecule has 2 aromatic rings. The lowest BCUT2D eigenvalue weighted by molar-refractivity contribution is 0.293. The molecule has 2 aromatic carbocycles. The van der Waals surface area contributed by atoms with Crippen LogP contribution in [0.4, 0.5) is 0 Å². The molecular weight excluding hydrogens is 314 g/mol. The number of nitrogens with zero attached hydrogens (tertiary/aromatic N) is 1. The van der Waals surface area contributed by atoms with Crippen molar-refractivity contribution in [3.8, 4) is 11.5 Å². The van der Waals surface area contributed by atoms with E-state index in [2.05, 4.69) is 0 Å². The quantitative estimate of drug-likeness (QED) is 0.866. The maximum absolute atomic E-state index is 13.0. The highest BCUT2D eigenvalue weighted by atomic mass is 32.2. The Morgan fingerprint density at radius 3 is 2.70 bits per heavy atom. The Labute approximate surface area is 136 Å². The van der Waals surface area contributed by atoms with Crippen molar-refractivity contribution in [2.75, 3.05) is 20.3 Å². The smallest absolute Gasteiger partial charge is 0.243 e. The van der Waals surface area contributed by atoms with Crippen LogP contribution in [0, 0.1) is 6.92 Å². The molecule has 0 bridgehead atoms. The van der Waals surface area contributed by atoms with Crippen molar-refractivity contribution in [3.63, 3.8) is 0 Å². The summed E-state index contributed by atoms with van der Waals surface area (Å²) in [7, 11) is -2.02. The molecule has 0 fully saturated rings. The summed E-state index contributed by atoms with van der Waals surface area (Å²) in [5, 5.41) is 0. The predicted molar refractivity (Wildman–Crippen MR) is 87.3 cm³/mol. The summed E-state index contributed by atoms with van der Waals surface area (Å²) >= 11 is 0. The van der Waals surface area contributed by atoms with Crippen LogP contribution >= 0.6 is 0 Å². The van der Waals surface area contributed by atoms with Gasteiger partial charge in [0.25, 0.3) is 0 Å². The van der Waals surface area contributed by atoms with Gasteiger partial charge in [-0.15, -0.1) is 0 Å². The van der Waals surface area contributed by atoms with Crippen molar-refractivity contribution in [1.29, 1.82) is 0 Å². The van der Waals surface area contributed by atoms with Crippen LogP contribution in [0.5, 0.6) is 11.5 Å². The Kier molecular flexibility index (Phi) is 4.28. The number of rotatable bonds is 3. The van der Waals surface area contributed by atoms with Crippen molar-refractivity contribution in [3.05, 3.63) is 53.6 Å². The van der Waals surface area contributed by atoms with E-state index < -0.39 is 10.0 Å². The molecule has 0 spiro atoms. The van der Waals surface area contributed by atoms with Crippen molar-refractivity contribution in [2.24, 2.45) is 0 Å². The predicted octanol–water partition coefficient (Wildman–Crippen LogP) is 2.59. The van der Waals surface area contributed by atoms with Crippen LogP contribution in [-0.2, 0) is 16.6 Å². The zero-order chi connectivity index (χ0) is 16.4. The maximum atomic E-state index is 13.0. The summed E-state index contributed by atoms with van der Waals surface area (Å²) in [6, 6.07) is 12.5. The molecule has 0 saturated carbocycles. The van der Waals surface area contributed by atoms with Crippen LogP contribution in [0.25, 0.3) is 0 Å². The molecule has 0 aromatic heterocycles. The number of ether oxygens (including phenoxy) is 2. The lowest BCUT2D eigenvalue weighted by Crippen LogP contribution is -2.33. The highest BCUT2D eigenvalue weighted by Gasteiger charge is 2.28. The van der Waals surface area contributed by atoms with Crippen molar-refractivity contribution < 1.29 is 17.9 Å². The van der Waals surface area contributed by atoms with Crippen LogP contribution in [0.3, 0.4) is 0 Å². The maximum Gasteiger partial charge on any atom is 0.243 e. The van der Waals surface area contributed by atoms with Gasteiger partial charge in [-0.25, -0.2) is 8.42 Å². The Bertz CT molecular complexity index is 817. The van der Waals surface area contributed by atoms with Gasteiger partial charge in [0, 0.05) is 18.7 Å². The Morgan fingerprint density at radius 1 is 1.17 bits per heavy atom. The summed E-state index contributed by atoms with van der Waals surface area (Å²) in [6.07, 6.45) is 0. The molecule has 0 saturated heterocycles. The summed E-state index contributed by atoms with van der Waals surface area (Å²) in [4.78, 5) is 0.303. The zero-order valence-electron chi connectivity index (χ0n) is 13.2. The minimum absolute atomic E-state index is 0.303. The van der Waals surface area contributed by atoms with Gasteiger partial charge in [-0.1, -0.05) is 18.2 Å².